The van der Waals surface area contributed by atoms with E-state index in [1.807, 2.05) is 0 Å². The summed E-state index contributed by atoms with van der Waals surface area (Å²) in [6.45, 7) is 0. The van der Waals surface area contributed by atoms with Crippen molar-refractivity contribution in [1.29, 1.82) is 0 Å². The van der Waals surface area contributed by atoms with Crippen molar-refractivity contribution in [3.8, 4) is 0 Å². The van der Waals surface area contributed by atoms with Crippen molar-refractivity contribution in [1.82, 2.24) is 0 Å². The van der Waals surface area contributed by atoms with Crippen molar-refractivity contribution in [3.63, 3.8) is 0 Å². The number of aldehydes is 1. The van der Waals surface area contributed by atoms with Crippen molar-refractivity contribution in [2.75, 3.05) is 0 Å². The third kappa shape index (κ3) is 1.36. The molecule has 1 fully saturated rings. The fraction of sp³-hybridized carbons (Fsp3) is 0.857. The molecule has 0 aliphatic heterocycles. The van der Waals surface area contributed by atoms with Gasteiger partial charge in [-0.3, -0.25) is 0 Å². The smallest absolute Gasteiger partial charge is 0.126 e. The Bertz CT molecular complexity index is 134. The maximum absolute atomic E-state index is 10.4. The van der Waals surface area contributed by atoms with Crippen LogP contribution in [0.4, 0.5) is 0 Å². The Morgan fingerprint density at radius 3 is 2.50 bits per heavy atom. The molecule has 1 unspecified atom stereocenters. The third-order valence-corrected chi connectivity index (χ3v) is 2.23. The first kappa shape index (κ1) is 7.69. The van der Waals surface area contributed by atoms with E-state index in [0.717, 1.165) is 32.0 Å². The molecule has 0 aromatic carbocycles. The highest BCUT2D eigenvalue weighted by atomic mass is 16.1. The molecule has 1 rings (SSSR count). The molecule has 1 aliphatic rings. The van der Waals surface area contributed by atoms with Crippen LogP contribution in [0.25, 0.3) is 0 Å². The molecule has 0 aromatic rings. The van der Waals surface area contributed by atoms with Gasteiger partial charge in [0, 0.05) is 5.92 Å². The Labute approximate surface area is 60.8 Å². The highest BCUT2D eigenvalue weighted by molar-refractivity contribution is 5.56. The number of carbonyl (C=O) groups is 1. The van der Waals surface area contributed by atoms with Crippen LogP contribution < -0.4 is 11.5 Å². The Hall–Kier alpha value is -0.410. The van der Waals surface area contributed by atoms with Gasteiger partial charge in [-0.05, 0) is 12.8 Å². The molecule has 0 heterocycles. The van der Waals surface area contributed by atoms with Gasteiger partial charge in [0.2, 0.25) is 0 Å². The number of rotatable bonds is 1. The molecule has 58 valence electrons. The van der Waals surface area contributed by atoms with E-state index in [-0.39, 0.29) is 5.92 Å². The van der Waals surface area contributed by atoms with Crippen LogP contribution in [-0.4, -0.2) is 11.9 Å². The third-order valence-electron chi connectivity index (χ3n) is 2.23. The first-order chi connectivity index (χ1) is 4.67. The van der Waals surface area contributed by atoms with Crippen molar-refractivity contribution < 1.29 is 4.79 Å². The Morgan fingerprint density at radius 2 is 2.10 bits per heavy atom. The molecular formula is C7H14N2O. The van der Waals surface area contributed by atoms with Gasteiger partial charge in [0.05, 0.1) is 5.66 Å². The second kappa shape index (κ2) is 2.68. The highest BCUT2D eigenvalue weighted by Crippen LogP contribution is 2.26. The van der Waals surface area contributed by atoms with Crippen LogP contribution in [0.15, 0.2) is 0 Å². The summed E-state index contributed by atoms with van der Waals surface area (Å²) >= 11 is 0. The summed E-state index contributed by atoms with van der Waals surface area (Å²) in [5.74, 6) is -0.124. The lowest BCUT2D eigenvalue weighted by atomic mass is 9.81. The number of hydrogen-bond acceptors (Lipinski definition) is 3. The van der Waals surface area contributed by atoms with E-state index >= 15 is 0 Å². The SMILES string of the molecule is NC1(N)CCCCC1C=O. The average molecular weight is 142 g/mol. The van der Waals surface area contributed by atoms with Gasteiger partial charge in [-0.2, -0.15) is 0 Å². The summed E-state index contributed by atoms with van der Waals surface area (Å²) in [7, 11) is 0. The summed E-state index contributed by atoms with van der Waals surface area (Å²) in [6.07, 6.45) is 4.66. The van der Waals surface area contributed by atoms with Gasteiger partial charge >= 0.3 is 0 Å². The lowest BCUT2D eigenvalue weighted by molar-refractivity contribution is -0.113. The van der Waals surface area contributed by atoms with Crippen molar-refractivity contribution in [2.45, 2.75) is 31.3 Å². The quantitative estimate of drug-likeness (QED) is 0.399. The molecule has 3 heteroatoms. The largest absolute Gasteiger partial charge is 0.313 e. The number of hydrogen-bond donors (Lipinski definition) is 2. The van der Waals surface area contributed by atoms with Gasteiger partial charge in [-0.25, -0.2) is 0 Å². The van der Waals surface area contributed by atoms with E-state index in [0.29, 0.717) is 0 Å². The van der Waals surface area contributed by atoms with Gasteiger partial charge in [-0.15, -0.1) is 0 Å². The lowest BCUT2D eigenvalue weighted by Crippen LogP contribution is -2.57. The molecule has 3 nitrogen and oxygen atoms in total. The van der Waals surface area contributed by atoms with Gasteiger partial charge in [0.1, 0.15) is 6.29 Å². The molecular weight excluding hydrogens is 128 g/mol. The molecule has 10 heavy (non-hydrogen) atoms. The zero-order valence-corrected chi connectivity index (χ0v) is 6.05. The van der Waals surface area contributed by atoms with Crippen LogP contribution in [0.2, 0.25) is 0 Å². The van der Waals surface area contributed by atoms with E-state index in [1.54, 1.807) is 0 Å². The van der Waals surface area contributed by atoms with E-state index in [1.165, 1.54) is 0 Å². The Kier molecular flexibility index (Phi) is 2.06. The molecule has 0 saturated heterocycles. The first-order valence-corrected chi connectivity index (χ1v) is 3.70. The lowest BCUT2D eigenvalue weighted by Gasteiger charge is -2.34. The second-order valence-electron chi connectivity index (χ2n) is 3.10. The van der Waals surface area contributed by atoms with Gasteiger partial charge in [-0.1, -0.05) is 12.8 Å². The molecule has 1 atom stereocenters. The average Bonchev–Trinajstić information content (AvgIpc) is 1.87. The monoisotopic (exact) mass is 142 g/mol. The topological polar surface area (TPSA) is 69.1 Å². The van der Waals surface area contributed by atoms with E-state index < -0.39 is 5.66 Å². The second-order valence-corrected chi connectivity index (χ2v) is 3.10. The minimum absolute atomic E-state index is 0.124. The van der Waals surface area contributed by atoms with Gasteiger partial charge < -0.3 is 16.3 Å². The van der Waals surface area contributed by atoms with Gasteiger partial charge in [0.25, 0.3) is 0 Å². The number of carbonyl (C=O) groups excluding carboxylic acids is 1. The maximum atomic E-state index is 10.4. The fourth-order valence-electron chi connectivity index (χ4n) is 1.44. The zero-order valence-electron chi connectivity index (χ0n) is 6.05. The predicted molar refractivity (Wildman–Crippen MR) is 39.1 cm³/mol. The van der Waals surface area contributed by atoms with E-state index in [4.69, 9.17) is 11.5 Å². The molecule has 1 saturated carbocycles. The summed E-state index contributed by atoms with van der Waals surface area (Å²) in [5, 5.41) is 0. The maximum Gasteiger partial charge on any atom is 0.126 e. The van der Waals surface area contributed by atoms with Crippen molar-refractivity contribution in [3.05, 3.63) is 0 Å². The first-order valence-electron chi connectivity index (χ1n) is 3.70. The van der Waals surface area contributed by atoms with Gasteiger partial charge in [0.15, 0.2) is 0 Å². The van der Waals surface area contributed by atoms with Crippen LogP contribution >= 0.6 is 0 Å². The Balaban J connectivity index is 2.59. The summed E-state index contributed by atoms with van der Waals surface area (Å²) in [5.41, 5.74) is 10.6. The highest BCUT2D eigenvalue weighted by Gasteiger charge is 2.32. The zero-order chi connectivity index (χ0) is 7.61. The normalized spacial score (nSPS) is 31.6. The summed E-state index contributed by atoms with van der Waals surface area (Å²) < 4.78 is 0. The van der Waals surface area contributed by atoms with Crippen LogP contribution in [0.1, 0.15) is 25.7 Å². The molecule has 0 bridgehead atoms. The van der Waals surface area contributed by atoms with E-state index in [2.05, 4.69) is 0 Å². The predicted octanol–water partition coefficient (Wildman–Crippen LogP) is -0.0108. The van der Waals surface area contributed by atoms with Crippen LogP contribution in [-0.2, 0) is 4.79 Å². The fourth-order valence-corrected chi connectivity index (χ4v) is 1.44. The minimum Gasteiger partial charge on any atom is -0.313 e. The molecule has 0 radical (unpaired) electrons. The molecule has 4 N–H and O–H groups in total. The minimum atomic E-state index is -0.722. The van der Waals surface area contributed by atoms with Crippen molar-refractivity contribution in [2.24, 2.45) is 17.4 Å². The van der Waals surface area contributed by atoms with Crippen LogP contribution in [0, 0.1) is 5.92 Å². The van der Waals surface area contributed by atoms with Crippen LogP contribution in [0.3, 0.4) is 0 Å². The van der Waals surface area contributed by atoms with Crippen molar-refractivity contribution >= 4 is 6.29 Å². The Morgan fingerprint density at radius 1 is 1.40 bits per heavy atom. The summed E-state index contributed by atoms with van der Waals surface area (Å²) in [6, 6.07) is 0. The summed E-state index contributed by atoms with van der Waals surface area (Å²) in [4.78, 5) is 10.4. The molecule has 0 spiro atoms. The standard InChI is InChI=1S/C7H14N2O/c8-7(9)4-2-1-3-6(7)5-10/h5-6H,1-4,8-9H2. The number of nitrogens with two attached hydrogens (primary N) is 2. The molecule has 0 aromatic heterocycles. The molecule has 0 amide bonds. The van der Waals surface area contributed by atoms with E-state index in [9.17, 15) is 4.79 Å². The molecule has 1 aliphatic carbocycles. The van der Waals surface area contributed by atoms with Crippen LogP contribution in [0.5, 0.6) is 0 Å².